The van der Waals surface area contributed by atoms with Gasteiger partial charge in [0.15, 0.2) is 11.0 Å². The van der Waals surface area contributed by atoms with Crippen molar-refractivity contribution in [1.29, 1.82) is 0 Å². The van der Waals surface area contributed by atoms with Crippen LogP contribution >= 0.6 is 11.8 Å². The van der Waals surface area contributed by atoms with E-state index >= 15 is 0 Å². The average molecular weight is 396 g/mol. The van der Waals surface area contributed by atoms with Crippen molar-refractivity contribution in [2.24, 2.45) is 0 Å². The summed E-state index contributed by atoms with van der Waals surface area (Å²) in [6.07, 6.45) is 1.74. The molecule has 1 amide bonds. The lowest BCUT2D eigenvalue weighted by Crippen LogP contribution is -2.36. The fourth-order valence-electron chi connectivity index (χ4n) is 2.89. The molecule has 0 radical (unpaired) electrons. The summed E-state index contributed by atoms with van der Waals surface area (Å²) in [7, 11) is 0. The molecule has 0 fully saturated rings. The smallest absolute Gasteiger partial charge is 0.233 e. The summed E-state index contributed by atoms with van der Waals surface area (Å²) in [6.45, 7) is 9.91. The summed E-state index contributed by atoms with van der Waals surface area (Å²) in [4.78, 5) is 16.8. The van der Waals surface area contributed by atoms with Crippen LogP contribution < -0.4 is 5.32 Å². The standard InChI is InChI=1S/C21H25N5OS/c1-13(2)23-20(27)16(5)28-21-25-24-19(17-8-6-7-11-22-17)26(21)18-10-9-14(3)12-15(18)4/h6-13,16H,1-5H3,(H,23,27). The van der Waals surface area contributed by atoms with E-state index < -0.39 is 0 Å². The predicted octanol–water partition coefficient (Wildman–Crippen LogP) is 3.95. The first-order valence-electron chi connectivity index (χ1n) is 9.28. The third-order valence-corrected chi connectivity index (χ3v) is 5.25. The molecule has 28 heavy (non-hydrogen) atoms. The van der Waals surface area contributed by atoms with Gasteiger partial charge in [-0.3, -0.25) is 14.3 Å². The number of thioether (sulfide) groups is 1. The van der Waals surface area contributed by atoms with Crippen LogP contribution in [0.4, 0.5) is 0 Å². The summed E-state index contributed by atoms with van der Waals surface area (Å²) in [5.74, 6) is 0.640. The molecule has 2 heterocycles. The van der Waals surface area contributed by atoms with Gasteiger partial charge in [-0.15, -0.1) is 10.2 Å². The Kier molecular flexibility index (Phi) is 6.14. The molecule has 0 bridgehead atoms. The molecule has 0 aliphatic carbocycles. The molecule has 0 saturated heterocycles. The number of rotatable bonds is 6. The van der Waals surface area contributed by atoms with E-state index in [0.717, 1.165) is 16.9 Å². The van der Waals surface area contributed by atoms with Crippen LogP contribution in [0, 0.1) is 13.8 Å². The van der Waals surface area contributed by atoms with Gasteiger partial charge in [0.1, 0.15) is 5.69 Å². The van der Waals surface area contributed by atoms with Crippen molar-refractivity contribution in [3.8, 4) is 17.2 Å². The molecule has 0 aliphatic rings. The largest absolute Gasteiger partial charge is 0.353 e. The third kappa shape index (κ3) is 4.42. The molecule has 2 aromatic heterocycles. The molecule has 1 aromatic carbocycles. The highest BCUT2D eigenvalue weighted by molar-refractivity contribution is 8.00. The van der Waals surface area contributed by atoms with Crippen LogP contribution in [0.2, 0.25) is 0 Å². The normalized spacial score (nSPS) is 12.2. The van der Waals surface area contributed by atoms with Gasteiger partial charge in [0.05, 0.1) is 10.9 Å². The molecule has 3 rings (SSSR count). The second-order valence-electron chi connectivity index (χ2n) is 7.07. The summed E-state index contributed by atoms with van der Waals surface area (Å²) >= 11 is 1.39. The molecule has 7 heteroatoms. The van der Waals surface area contributed by atoms with Gasteiger partial charge in [-0.1, -0.05) is 35.5 Å². The number of benzene rings is 1. The zero-order valence-electron chi connectivity index (χ0n) is 16.8. The molecule has 6 nitrogen and oxygen atoms in total. The monoisotopic (exact) mass is 395 g/mol. The van der Waals surface area contributed by atoms with Crippen molar-refractivity contribution < 1.29 is 4.79 Å². The molecule has 1 N–H and O–H groups in total. The second-order valence-corrected chi connectivity index (χ2v) is 8.38. The van der Waals surface area contributed by atoms with Crippen LogP contribution in [0.25, 0.3) is 17.2 Å². The van der Waals surface area contributed by atoms with Gasteiger partial charge < -0.3 is 5.32 Å². The molecule has 146 valence electrons. The van der Waals surface area contributed by atoms with Crippen molar-refractivity contribution in [2.45, 2.75) is 51.1 Å². The van der Waals surface area contributed by atoms with Crippen LogP contribution in [0.3, 0.4) is 0 Å². The van der Waals surface area contributed by atoms with E-state index in [9.17, 15) is 4.79 Å². The Hall–Kier alpha value is -2.67. The molecular weight excluding hydrogens is 370 g/mol. The Morgan fingerprint density at radius 2 is 1.89 bits per heavy atom. The number of carbonyl (C=O) groups is 1. The fourth-order valence-corrected chi connectivity index (χ4v) is 3.76. The van der Waals surface area contributed by atoms with E-state index in [4.69, 9.17) is 0 Å². The van der Waals surface area contributed by atoms with Crippen LogP contribution in [0.1, 0.15) is 31.9 Å². The summed E-state index contributed by atoms with van der Waals surface area (Å²) in [5.41, 5.74) is 4.02. The Bertz CT molecular complexity index is 968. The number of carbonyl (C=O) groups excluding carboxylic acids is 1. The average Bonchev–Trinajstić information content (AvgIpc) is 3.05. The maximum absolute atomic E-state index is 12.4. The third-order valence-electron chi connectivity index (χ3n) is 4.20. The molecule has 0 spiro atoms. The van der Waals surface area contributed by atoms with E-state index in [-0.39, 0.29) is 17.2 Å². The van der Waals surface area contributed by atoms with Gasteiger partial charge >= 0.3 is 0 Å². The molecule has 1 atom stereocenters. The van der Waals surface area contributed by atoms with Crippen LogP contribution in [0.5, 0.6) is 0 Å². The minimum Gasteiger partial charge on any atom is -0.353 e. The Morgan fingerprint density at radius 3 is 2.54 bits per heavy atom. The number of nitrogens with one attached hydrogen (secondary N) is 1. The number of nitrogens with zero attached hydrogens (tertiary/aromatic N) is 4. The Morgan fingerprint density at radius 1 is 1.11 bits per heavy atom. The lowest BCUT2D eigenvalue weighted by atomic mass is 10.1. The van der Waals surface area contributed by atoms with Gasteiger partial charge in [0, 0.05) is 12.2 Å². The number of hydrogen-bond donors (Lipinski definition) is 1. The molecule has 0 aliphatic heterocycles. The number of pyridine rings is 1. The molecule has 3 aromatic rings. The lowest BCUT2D eigenvalue weighted by Gasteiger charge is -2.16. The molecule has 1 unspecified atom stereocenters. The van der Waals surface area contributed by atoms with Gasteiger partial charge in [-0.2, -0.15) is 0 Å². The highest BCUT2D eigenvalue weighted by Crippen LogP contribution is 2.31. The highest BCUT2D eigenvalue weighted by atomic mass is 32.2. The summed E-state index contributed by atoms with van der Waals surface area (Å²) in [6, 6.07) is 12.0. The molecular formula is C21H25N5OS. The van der Waals surface area contributed by atoms with E-state index in [1.165, 1.54) is 17.3 Å². The van der Waals surface area contributed by atoms with Gasteiger partial charge in [-0.05, 0) is 58.4 Å². The van der Waals surface area contributed by atoms with Crippen LogP contribution in [-0.2, 0) is 4.79 Å². The zero-order chi connectivity index (χ0) is 20.3. The predicted molar refractivity (Wildman–Crippen MR) is 113 cm³/mol. The maximum atomic E-state index is 12.4. The van der Waals surface area contributed by atoms with Gasteiger partial charge in [-0.25, -0.2) is 0 Å². The SMILES string of the molecule is Cc1ccc(-n2c(SC(C)C(=O)NC(C)C)nnc2-c2ccccn2)c(C)c1. The van der Waals surface area contributed by atoms with Crippen molar-refractivity contribution >= 4 is 17.7 Å². The Labute approximate surface area is 169 Å². The van der Waals surface area contributed by atoms with Crippen LogP contribution in [0.15, 0.2) is 47.8 Å². The highest BCUT2D eigenvalue weighted by Gasteiger charge is 2.23. The van der Waals surface area contributed by atoms with Gasteiger partial charge in [0.2, 0.25) is 5.91 Å². The van der Waals surface area contributed by atoms with Crippen LogP contribution in [-0.4, -0.2) is 36.9 Å². The second kappa shape index (κ2) is 8.56. The number of aryl methyl sites for hydroxylation is 2. The summed E-state index contributed by atoms with van der Waals surface area (Å²) < 4.78 is 1.99. The van der Waals surface area contributed by atoms with Crippen molar-refractivity contribution in [3.05, 3.63) is 53.7 Å². The minimum absolute atomic E-state index is 0.0189. The molecule has 0 saturated carbocycles. The van der Waals surface area contributed by atoms with E-state index in [1.807, 2.05) is 43.5 Å². The van der Waals surface area contributed by atoms with Crippen molar-refractivity contribution in [1.82, 2.24) is 25.1 Å². The first-order valence-corrected chi connectivity index (χ1v) is 10.2. The first kappa shape index (κ1) is 20.1. The minimum atomic E-state index is -0.298. The summed E-state index contributed by atoms with van der Waals surface area (Å²) in [5, 5.41) is 12.1. The maximum Gasteiger partial charge on any atom is 0.233 e. The Balaban J connectivity index is 2.06. The number of hydrogen-bond acceptors (Lipinski definition) is 5. The number of amides is 1. The quantitative estimate of drug-likeness (QED) is 0.640. The van der Waals surface area contributed by atoms with E-state index in [0.29, 0.717) is 11.0 Å². The fraction of sp³-hybridized carbons (Fsp3) is 0.333. The van der Waals surface area contributed by atoms with Crippen molar-refractivity contribution in [2.75, 3.05) is 0 Å². The van der Waals surface area contributed by atoms with Gasteiger partial charge in [0.25, 0.3) is 0 Å². The van der Waals surface area contributed by atoms with E-state index in [2.05, 4.69) is 52.5 Å². The zero-order valence-corrected chi connectivity index (χ0v) is 17.6. The first-order chi connectivity index (χ1) is 13.4. The van der Waals surface area contributed by atoms with E-state index in [1.54, 1.807) is 6.20 Å². The lowest BCUT2D eigenvalue weighted by molar-refractivity contribution is -0.120. The number of aromatic nitrogens is 4. The topological polar surface area (TPSA) is 72.7 Å². The van der Waals surface area contributed by atoms with Crippen molar-refractivity contribution in [3.63, 3.8) is 0 Å².